The standard InChI is InChI=1S/C32H53NO9/c1-31-13-11-27-25(26(31)9-7-22(31)4-3-5-28(34)35)8-6-23-20-24(10-12-32(23,27)2)42-30(38)33-14-15-39-16-17-40-18-19-41-21-29(36)37/h22-27H,3-21H2,1-2H3,(H,33,38)(H,34,35)(H,36,37). The van der Waals surface area contributed by atoms with Crippen molar-refractivity contribution in [2.24, 2.45) is 40.4 Å². The maximum absolute atomic E-state index is 12.5. The van der Waals surface area contributed by atoms with Crippen LogP contribution in [0.5, 0.6) is 0 Å². The lowest BCUT2D eigenvalue weighted by Crippen LogP contribution is -2.54. The molecule has 3 N–H and O–H groups in total. The fraction of sp³-hybridized carbons (Fsp3) is 0.906. The molecule has 4 saturated carbocycles. The molecule has 0 aromatic heterocycles. The number of aliphatic carboxylic acids is 2. The maximum atomic E-state index is 12.5. The smallest absolute Gasteiger partial charge is 0.407 e. The number of carbonyl (C=O) groups is 3. The fourth-order valence-corrected chi connectivity index (χ4v) is 9.43. The number of nitrogens with one attached hydrogen (secondary N) is 1. The molecular weight excluding hydrogens is 542 g/mol. The topological polar surface area (TPSA) is 141 Å². The van der Waals surface area contributed by atoms with Crippen molar-refractivity contribution < 1.29 is 43.5 Å². The van der Waals surface area contributed by atoms with E-state index in [1.54, 1.807) is 0 Å². The summed E-state index contributed by atoms with van der Waals surface area (Å²) in [6, 6.07) is 0. The van der Waals surface area contributed by atoms with E-state index in [0.717, 1.165) is 49.9 Å². The van der Waals surface area contributed by atoms with Crippen LogP contribution >= 0.6 is 0 Å². The quantitative estimate of drug-likeness (QED) is 0.207. The van der Waals surface area contributed by atoms with Crippen LogP contribution in [0, 0.1) is 40.4 Å². The molecule has 1 amide bonds. The normalized spacial score (nSPS) is 35.5. The van der Waals surface area contributed by atoms with Crippen LogP contribution in [0.25, 0.3) is 0 Å². The molecule has 0 radical (unpaired) electrons. The Morgan fingerprint density at radius 1 is 0.786 bits per heavy atom. The lowest BCUT2D eigenvalue weighted by atomic mass is 9.44. The van der Waals surface area contributed by atoms with Crippen LogP contribution in [0.15, 0.2) is 0 Å². The summed E-state index contributed by atoms with van der Waals surface area (Å²) in [5.74, 6) is 1.90. The molecule has 8 unspecified atom stereocenters. The van der Waals surface area contributed by atoms with Gasteiger partial charge in [-0.15, -0.1) is 0 Å². The highest BCUT2D eigenvalue weighted by molar-refractivity contribution is 5.68. The first-order chi connectivity index (χ1) is 20.1. The molecule has 0 aromatic rings. The molecule has 4 aliphatic carbocycles. The molecule has 42 heavy (non-hydrogen) atoms. The Morgan fingerprint density at radius 2 is 1.48 bits per heavy atom. The number of carboxylic acid groups (broad SMARTS) is 2. The molecule has 10 heteroatoms. The molecule has 10 nitrogen and oxygen atoms in total. The SMILES string of the molecule is CC12CCC3C(CCC4CC(OC(=O)NCCOCCOCCOCC(=O)O)CCC43C)C1CCC2CCCC(=O)O. The van der Waals surface area contributed by atoms with Crippen LogP contribution in [0.3, 0.4) is 0 Å². The van der Waals surface area contributed by atoms with E-state index in [1.165, 1.54) is 38.5 Å². The fourth-order valence-electron chi connectivity index (χ4n) is 9.43. The van der Waals surface area contributed by atoms with E-state index in [1.807, 2.05) is 0 Å². The third-order valence-corrected chi connectivity index (χ3v) is 11.5. The highest BCUT2D eigenvalue weighted by Gasteiger charge is 2.60. The van der Waals surface area contributed by atoms with Crippen molar-refractivity contribution in [3.63, 3.8) is 0 Å². The summed E-state index contributed by atoms with van der Waals surface area (Å²) >= 11 is 0. The number of carbonyl (C=O) groups excluding carboxylic acids is 1. The van der Waals surface area contributed by atoms with Crippen molar-refractivity contribution in [2.45, 2.75) is 97.0 Å². The summed E-state index contributed by atoms with van der Waals surface area (Å²) < 4.78 is 21.5. The van der Waals surface area contributed by atoms with Gasteiger partial charge in [0.2, 0.25) is 0 Å². The van der Waals surface area contributed by atoms with Gasteiger partial charge in [0.05, 0.1) is 33.0 Å². The zero-order valence-electron chi connectivity index (χ0n) is 25.7. The van der Waals surface area contributed by atoms with E-state index >= 15 is 0 Å². The summed E-state index contributed by atoms with van der Waals surface area (Å²) in [5, 5.41) is 20.4. The van der Waals surface area contributed by atoms with Crippen molar-refractivity contribution in [3.05, 3.63) is 0 Å². The van der Waals surface area contributed by atoms with Crippen molar-refractivity contribution in [1.82, 2.24) is 5.32 Å². The van der Waals surface area contributed by atoms with Gasteiger partial charge in [-0.2, -0.15) is 0 Å². The van der Waals surface area contributed by atoms with Crippen LogP contribution in [-0.4, -0.2) is 80.5 Å². The minimum absolute atomic E-state index is 0.0313. The molecule has 0 bridgehead atoms. The molecular formula is C32H53NO9. The Morgan fingerprint density at radius 3 is 2.21 bits per heavy atom. The minimum Gasteiger partial charge on any atom is -0.481 e. The van der Waals surface area contributed by atoms with Crippen LogP contribution < -0.4 is 5.32 Å². The van der Waals surface area contributed by atoms with Gasteiger partial charge in [-0.25, -0.2) is 9.59 Å². The van der Waals surface area contributed by atoms with Gasteiger partial charge in [-0.1, -0.05) is 13.8 Å². The molecule has 4 rings (SSSR count). The number of alkyl carbamates (subject to hydrolysis) is 1. The maximum Gasteiger partial charge on any atom is 0.407 e. The van der Waals surface area contributed by atoms with Gasteiger partial charge < -0.3 is 34.5 Å². The Balaban J connectivity index is 1.13. The lowest BCUT2D eigenvalue weighted by Gasteiger charge is -2.61. The third kappa shape index (κ3) is 8.17. The highest BCUT2D eigenvalue weighted by atomic mass is 16.6. The number of ether oxygens (including phenoxy) is 4. The molecule has 4 fully saturated rings. The Hall–Kier alpha value is -1.91. The summed E-state index contributed by atoms with van der Waals surface area (Å²) in [7, 11) is 0. The molecule has 0 spiro atoms. The number of fused-ring (bicyclic) bond motifs is 5. The third-order valence-electron chi connectivity index (χ3n) is 11.5. The number of hydrogen-bond donors (Lipinski definition) is 3. The van der Waals surface area contributed by atoms with Gasteiger partial charge in [0.25, 0.3) is 0 Å². The first-order valence-corrected chi connectivity index (χ1v) is 16.2. The van der Waals surface area contributed by atoms with Crippen LogP contribution in [0.1, 0.15) is 90.9 Å². The van der Waals surface area contributed by atoms with Gasteiger partial charge in [-0.05, 0) is 111 Å². The van der Waals surface area contributed by atoms with E-state index in [0.29, 0.717) is 62.1 Å². The molecule has 240 valence electrons. The summed E-state index contributed by atoms with van der Waals surface area (Å²) in [4.78, 5) is 33.9. The predicted molar refractivity (Wildman–Crippen MR) is 155 cm³/mol. The van der Waals surface area contributed by atoms with Gasteiger partial charge in [0.1, 0.15) is 12.7 Å². The van der Waals surface area contributed by atoms with E-state index in [9.17, 15) is 14.4 Å². The Bertz CT molecular complexity index is 914. The van der Waals surface area contributed by atoms with Crippen LogP contribution in [-0.2, 0) is 28.5 Å². The van der Waals surface area contributed by atoms with Crippen molar-refractivity contribution in [3.8, 4) is 0 Å². The molecule has 0 aliphatic heterocycles. The van der Waals surface area contributed by atoms with E-state index in [-0.39, 0.29) is 25.4 Å². The van der Waals surface area contributed by atoms with Gasteiger partial charge in [0, 0.05) is 13.0 Å². The highest BCUT2D eigenvalue weighted by Crippen LogP contribution is 2.68. The number of rotatable bonds is 16. The van der Waals surface area contributed by atoms with E-state index in [2.05, 4.69) is 19.2 Å². The zero-order chi connectivity index (χ0) is 30.2. The van der Waals surface area contributed by atoms with Crippen molar-refractivity contribution in [1.29, 1.82) is 0 Å². The first kappa shape index (κ1) is 33.0. The van der Waals surface area contributed by atoms with Gasteiger partial charge >= 0.3 is 18.0 Å². The second-order valence-corrected chi connectivity index (χ2v) is 13.7. The average molecular weight is 596 g/mol. The number of carboxylic acids is 2. The van der Waals surface area contributed by atoms with E-state index < -0.39 is 11.9 Å². The van der Waals surface area contributed by atoms with Crippen LogP contribution in [0.4, 0.5) is 4.79 Å². The zero-order valence-corrected chi connectivity index (χ0v) is 25.7. The van der Waals surface area contributed by atoms with Gasteiger partial charge in [-0.3, -0.25) is 4.79 Å². The second-order valence-electron chi connectivity index (χ2n) is 13.7. The average Bonchev–Trinajstić information content (AvgIpc) is 3.27. The molecule has 0 heterocycles. The molecule has 0 saturated heterocycles. The minimum atomic E-state index is -1.00. The van der Waals surface area contributed by atoms with Crippen molar-refractivity contribution >= 4 is 18.0 Å². The van der Waals surface area contributed by atoms with Crippen molar-refractivity contribution in [2.75, 3.05) is 46.2 Å². The first-order valence-electron chi connectivity index (χ1n) is 16.2. The summed E-state index contributed by atoms with van der Waals surface area (Å²) in [6.45, 7) is 6.73. The number of amides is 1. The van der Waals surface area contributed by atoms with E-state index in [4.69, 9.17) is 29.2 Å². The van der Waals surface area contributed by atoms with Crippen LogP contribution in [0.2, 0.25) is 0 Å². The van der Waals surface area contributed by atoms with Gasteiger partial charge in [0.15, 0.2) is 0 Å². The summed E-state index contributed by atoms with van der Waals surface area (Å²) in [5.41, 5.74) is 0.691. The predicted octanol–water partition coefficient (Wildman–Crippen LogP) is 5.13. The molecule has 0 aromatic carbocycles. The molecule has 8 atom stereocenters. The Kier molecular flexibility index (Phi) is 11.9. The second kappa shape index (κ2) is 15.2. The number of hydrogen-bond acceptors (Lipinski definition) is 7. The lowest BCUT2D eigenvalue weighted by molar-refractivity contribution is -0.142. The Labute approximate surface area is 250 Å². The molecule has 4 aliphatic rings. The summed E-state index contributed by atoms with van der Waals surface area (Å²) in [6.07, 6.45) is 12.4. The monoisotopic (exact) mass is 595 g/mol. The largest absolute Gasteiger partial charge is 0.481 e.